The molecule has 2 heterocycles. The highest BCUT2D eigenvalue weighted by atomic mass is 16.6. The molecule has 3 rings (SSSR count). The van der Waals surface area contributed by atoms with Gasteiger partial charge < -0.3 is 15.0 Å². The van der Waals surface area contributed by atoms with Crippen molar-refractivity contribution < 1.29 is 19.1 Å². The van der Waals surface area contributed by atoms with Gasteiger partial charge in [-0.3, -0.25) is 14.5 Å². The first kappa shape index (κ1) is 15.3. The number of cyclic esters (lactones) is 1. The summed E-state index contributed by atoms with van der Waals surface area (Å²) in [5.41, 5.74) is 0.940. The number of ether oxygens (including phenoxy) is 1. The fourth-order valence-electron chi connectivity index (χ4n) is 3.13. The largest absolute Gasteiger partial charge is 0.447 e. The van der Waals surface area contributed by atoms with E-state index >= 15 is 0 Å². The van der Waals surface area contributed by atoms with Gasteiger partial charge >= 0.3 is 6.09 Å². The molecule has 0 spiro atoms. The summed E-state index contributed by atoms with van der Waals surface area (Å²) in [5, 5.41) is 2.64. The second kappa shape index (κ2) is 6.68. The van der Waals surface area contributed by atoms with E-state index in [4.69, 9.17) is 4.74 Å². The highest BCUT2D eigenvalue weighted by molar-refractivity contribution is 5.83. The Kier molecular flexibility index (Phi) is 4.45. The van der Waals surface area contributed by atoms with Gasteiger partial charge in [0.1, 0.15) is 19.3 Å². The van der Waals surface area contributed by atoms with Crippen molar-refractivity contribution in [2.45, 2.75) is 25.0 Å². The summed E-state index contributed by atoms with van der Waals surface area (Å²) in [4.78, 5) is 38.2. The van der Waals surface area contributed by atoms with E-state index < -0.39 is 6.09 Å². The lowest BCUT2D eigenvalue weighted by Gasteiger charge is -2.27. The summed E-state index contributed by atoms with van der Waals surface area (Å²) < 4.78 is 5.11. The smallest absolute Gasteiger partial charge is 0.410 e. The maximum atomic E-state index is 12.5. The molecule has 1 N–H and O–H groups in total. The summed E-state index contributed by atoms with van der Waals surface area (Å²) in [5.74, 6) is -0.179. The Morgan fingerprint density at radius 3 is 2.87 bits per heavy atom. The normalized spacial score (nSPS) is 23.7. The van der Waals surface area contributed by atoms with Crippen LogP contribution in [0, 0.1) is 0 Å². The quantitative estimate of drug-likeness (QED) is 0.818. The van der Waals surface area contributed by atoms with Gasteiger partial charge in [-0.2, -0.15) is 0 Å². The van der Waals surface area contributed by atoms with Crippen molar-refractivity contribution in [2.24, 2.45) is 0 Å². The van der Waals surface area contributed by atoms with Gasteiger partial charge in [-0.1, -0.05) is 30.3 Å². The van der Waals surface area contributed by atoms with E-state index in [1.54, 1.807) is 4.90 Å². The minimum atomic E-state index is -0.480. The Balaban J connectivity index is 1.71. The molecule has 7 nitrogen and oxygen atoms in total. The standard InChI is InChI=1S/C16H19N3O4/c20-11-17-14-7-4-8-18(14)15(21)9-19-13(10-23-16(19)22)12-5-2-1-3-6-12/h1-3,5-6,11,13-14H,4,7-10H2,(H,17,20)/t13-,14?/m1/s1. The first-order valence-corrected chi connectivity index (χ1v) is 7.68. The van der Waals surface area contributed by atoms with Crippen LogP contribution in [0.2, 0.25) is 0 Å². The van der Waals surface area contributed by atoms with E-state index in [2.05, 4.69) is 5.32 Å². The third-order valence-corrected chi connectivity index (χ3v) is 4.30. The number of carbonyl (C=O) groups excluding carboxylic acids is 3. The van der Waals surface area contributed by atoms with Gasteiger partial charge in [0.2, 0.25) is 12.3 Å². The maximum absolute atomic E-state index is 12.5. The number of rotatable bonds is 5. The molecular weight excluding hydrogens is 298 g/mol. The predicted molar refractivity (Wildman–Crippen MR) is 81.2 cm³/mol. The van der Waals surface area contributed by atoms with Crippen molar-refractivity contribution in [2.75, 3.05) is 19.7 Å². The molecule has 0 aromatic heterocycles. The van der Waals surface area contributed by atoms with E-state index in [9.17, 15) is 14.4 Å². The Labute approximate surface area is 134 Å². The molecule has 0 radical (unpaired) electrons. The number of likely N-dealkylation sites (tertiary alicyclic amines) is 1. The third kappa shape index (κ3) is 3.13. The second-order valence-electron chi connectivity index (χ2n) is 5.66. The zero-order valence-electron chi connectivity index (χ0n) is 12.7. The predicted octanol–water partition coefficient (Wildman–Crippen LogP) is 0.874. The molecule has 1 unspecified atom stereocenters. The van der Waals surface area contributed by atoms with Crippen LogP contribution in [0.4, 0.5) is 4.79 Å². The van der Waals surface area contributed by atoms with E-state index in [1.807, 2.05) is 30.3 Å². The number of amides is 3. The minimum Gasteiger partial charge on any atom is -0.447 e. The van der Waals surface area contributed by atoms with Crippen molar-refractivity contribution in [3.63, 3.8) is 0 Å². The highest BCUT2D eigenvalue weighted by Crippen LogP contribution is 2.28. The summed E-state index contributed by atoms with van der Waals surface area (Å²) in [6, 6.07) is 9.25. The minimum absolute atomic E-state index is 0.0462. The molecule has 0 aliphatic carbocycles. The number of nitrogens with one attached hydrogen (secondary N) is 1. The molecule has 2 atom stereocenters. The maximum Gasteiger partial charge on any atom is 0.410 e. The fourth-order valence-corrected chi connectivity index (χ4v) is 3.13. The van der Waals surface area contributed by atoms with Crippen molar-refractivity contribution >= 4 is 18.4 Å². The zero-order valence-corrected chi connectivity index (χ0v) is 12.7. The van der Waals surface area contributed by atoms with Gasteiger partial charge in [0, 0.05) is 6.54 Å². The molecule has 23 heavy (non-hydrogen) atoms. The second-order valence-corrected chi connectivity index (χ2v) is 5.66. The lowest BCUT2D eigenvalue weighted by atomic mass is 10.1. The summed E-state index contributed by atoms with van der Waals surface area (Å²) in [6.45, 7) is 0.783. The van der Waals surface area contributed by atoms with Crippen LogP contribution >= 0.6 is 0 Å². The van der Waals surface area contributed by atoms with Crippen LogP contribution in [0.15, 0.2) is 30.3 Å². The molecule has 2 aliphatic heterocycles. The zero-order chi connectivity index (χ0) is 16.2. The Hall–Kier alpha value is -2.57. The summed E-state index contributed by atoms with van der Waals surface area (Å²) in [7, 11) is 0. The van der Waals surface area contributed by atoms with E-state index in [0.29, 0.717) is 13.0 Å². The van der Waals surface area contributed by atoms with Crippen LogP contribution in [0.1, 0.15) is 24.4 Å². The van der Waals surface area contributed by atoms with Crippen molar-refractivity contribution in [1.29, 1.82) is 0 Å². The van der Waals surface area contributed by atoms with Crippen LogP contribution in [-0.4, -0.2) is 54.1 Å². The van der Waals surface area contributed by atoms with E-state index in [0.717, 1.165) is 18.4 Å². The number of benzene rings is 1. The van der Waals surface area contributed by atoms with Gasteiger partial charge in [-0.25, -0.2) is 4.79 Å². The number of hydrogen-bond donors (Lipinski definition) is 1. The molecule has 7 heteroatoms. The number of carbonyl (C=O) groups is 3. The van der Waals surface area contributed by atoms with Gasteiger partial charge in [-0.05, 0) is 18.4 Å². The first-order chi connectivity index (χ1) is 11.2. The monoisotopic (exact) mass is 317 g/mol. The SMILES string of the molecule is O=CNC1CCCN1C(=O)CN1C(=O)OC[C@@H]1c1ccccc1. The molecule has 2 saturated heterocycles. The molecule has 1 aromatic rings. The molecule has 2 fully saturated rings. The van der Waals surface area contributed by atoms with Crippen molar-refractivity contribution in [3.8, 4) is 0 Å². The van der Waals surface area contributed by atoms with E-state index in [-0.39, 0.29) is 31.3 Å². The molecule has 122 valence electrons. The van der Waals surface area contributed by atoms with Crippen molar-refractivity contribution in [3.05, 3.63) is 35.9 Å². The lowest BCUT2D eigenvalue weighted by molar-refractivity contribution is -0.133. The van der Waals surface area contributed by atoms with Crippen LogP contribution in [-0.2, 0) is 14.3 Å². The molecule has 3 amide bonds. The van der Waals surface area contributed by atoms with Gasteiger partial charge in [0.05, 0.1) is 6.04 Å². The lowest BCUT2D eigenvalue weighted by Crippen LogP contribution is -2.48. The Morgan fingerprint density at radius 2 is 2.13 bits per heavy atom. The van der Waals surface area contributed by atoms with Gasteiger partial charge in [0.15, 0.2) is 0 Å². The summed E-state index contributed by atoms with van der Waals surface area (Å²) in [6.07, 6.45) is 1.41. The summed E-state index contributed by atoms with van der Waals surface area (Å²) >= 11 is 0. The Morgan fingerprint density at radius 1 is 1.35 bits per heavy atom. The fraction of sp³-hybridized carbons (Fsp3) is 0.438. The molecule has 1 aromatic carbocycles. The number of nitrogens with zero attached hydrogens (tertiary/aromatic N) is 2. The molecular formula is C16H19N3O4. The number of hydrogen-bond acceptors (Lipinski definition) is 4. The van der Waals surface area contributed by atoms with Gasteiger partial charge in [0.25, 0.3) is 0 Å². The van der Waals surface area contributed by atoms with Crippen molar-refractivity contribution in [1.82, 2.24) is 15.1 Å². The molecule has 0 bridgehead atoms. The topological polar surface area (TPSA) is 79.0 Å². The first-order valence-electron chi connectivity index (χ1n) is 7.68. The van der Waals surface area contributed by atoms with Crippen LogP contribution in [0.3, 0.4) is 0 Å². The van der Waals surface area contributed by atoms with Crippen LogP contribution in [0.25, 0.3) is 0 Å². The van der Waals surface area contributed by atoms with Crippen LogP contribution < -0.4 is 5.32 Å². The van der Waals surface area contributed by atoms with Gasteiger partial charge in [-0.15, -0.1) is 0 Å². The van der Waals surface area contributed by atoms with E-state index in [1.165, 1.54) is 4.90 Å². The van der Waals surface area contributed by atoms with Crippen LogP contribution in [0.5, 0.6) is 0 Å². The third-order valence-electron chi connectivity index (χ3n) is 4.30. The average Bonchev–Trinajstić information content (AvgIpc) is 3.16. The highest BCUT2D eigenvalue weighted by Gasteiger charge is 2.38. The average molecular weight is 317 g/mol. The Bertz CT molecular complexity index is 592. The molecule has 0 saturated carbocycles. The molecule has 2 aliphatic rings.